The number of nitrogens with two attached hydrogens (primary N) is 1. The van der Waals surface area contributed by atoms with Gasteiger partial charge in [0.15, 0.2) is 0 Å². The number of hydrogen-bond donors (Lipinski definition) is 1. The smallest absolute Gasteiger partial charge is 0.0906 e. The molecule has 0 aliphatic heterocycles. The molecule has 0 saturated heterocycles. The zero-order chi connectivity index (χ0) is 9.40. The molecule has 0 amide bonds. The maximum absolute atomic E-state index is 11.9. The highest BCUT2D eigenvalue weighted by molar-refractivity contribution is 4.61. The monoisotopic (exact) mass is 176 g/mol. The summed E-state index contributed by atoms with van der Waals surface area (Å²) in [6.45, 7) is 7.56. The number of nitrogens with zero attached hydrogens (tertiary/aromatic N) is 1. The lowest BCUT2D eigenvalue weighted by molar-refractivity contribution is 0.239. The number of rotatable bonds is 7. The number of hydrogen-bond acceptors (Lipinski definition) is 2. The maximum atomic E-state index is 11.9. The minimum absolute atomic E-state index is 0.215. The second kappa shape index (κ2) is 7.50. The van der Waals surface area contributed by atoms with Crippen molar-refractivity contribution in [3.8, 4) is 0 Å². The molecule has 0 aromatic carbocycles. The number of halogens is 1. The Kier molecular flexibility index (Phi) is 7.40. The molecule has 1 unspecified atom stereocenters. The average Bonchev–Trinajstić information content (AvgIpc) is 2.11. The van der Waals surface area contributed by atoms with Gasteiger partial charge in [0.25, 0.3) is 0 Å². The molecule has 0 aliphatic carbocycles. The Hall–Kier alpha value is -0.150. The molecule has 12 heavy (non-hydrogen) atoms. The van der Waals surface area contributed by atoms with Gasteiger partial charge in [-0.05, 0) is 25.4 Å². The van der Waals surface area contributed by atoms with Crippen molar-refractivity contribution in [1.29, 1.82) is 0 Å². The predicted molar refractivity (Wildman–Crippen MR) is 50.9 cm³/mol. The lowest BCUT2D eigenvalue weighted by Gasteiger charge is -2.22. The summed E-state index contributed by atoms with van der Waals surface area (Å²) in [4.78, 5) is 2.25. The fourth-order valence-corrected chi connectivity index (χ4v) is 1.18. The van der Waals surface area contributed by atoms with Crippen LogP contribution in [0.1, 0.15) is 20.3 Å². The highest BCUT2D eigenvalue weighted by Crippen LogP contribution is 1.99. The van der Waals surface area contributed by atoms with Crippen LogP contribution in [-0.4, -0.2) is 37.8 Å². The van der Waals surface area contributed by atoms with Crippen molar-refractivity contribution in [2.75, 3.05) is 32.9 Å². The van der Waals surface area contributed by atoms with Gasteiger partial charge in [0.2, 0.25) is 0 Å². The van der Waals surface area contributed by atoms with E-state index in [2.05, 4.69) is 18.7 Å². The topological polar surface area (TPSA) is 29.3 Å². The maximum Gasteiger partial charge on any atom is 0.0906 e. The molecule has 0 spiro atoms. The summed E-state index contributed by atoms with van der Waals surface area (Å²) in [5, 5.41) is 0. The second-order valence-corrected chi connectivity index (χ2v) is 3.28. The van der Waals surface area contributed by atoms with Crippen LogP contribution in [-0.2, 0) is 0 Å². The zero-order valence-corrected chi connectivity index (χ0v) is 8.22. The Labute approximate surface area is 74.9 Å². The highest BCUT2D eigenvalue weighted by Gasteiger charge is 2.06. The van der Waals surface area contributed by atoms with Gasteiger partial charge in [-0.15, -0.1) is 0 Å². The van der Waals surface area contributed by atoms with Crippen molar-refractivity contribution < 1.29 is 4.39 Å². The van der Waals surface area contributed by atoms with E-state index in [1.807, 2.05) is 0 Å². The fraction of sp³-hybridized carbons (Fsp3) is 1.00. The van der Waals surface area contributed by atoms with Crippen molar-refractivity contribution in [2.45, 2.75) is 20.3 Å². The van der Waals surface area contributed by atoms with Gasteiger partial charge in [-0.3, -0.25) is 4.39 Å². The Balaban J connectivity index is 3.51. The van der Waals surface area contributed by atoms with E-state index in [0.29, 0.717) is 18.9 Å². The quantitative estimate of drug-likeness (QED) is 0.633. The molecule has 0 rings (SSSR count). The Morgan fingerprint density at radius 3 is 2.58 bits per heavy atom. The average molecular weight is 176 g/mol. The van der Waals surface area contributed by atoms with Crippen molar-refractivity contribution in [1.82, 2.24) is 4.90 Å². The molecule has 0 heterocycles. The van der Waals surface area contributed by atoms with Gasteiger partial charge in [0, 0.05) is 13.1 Å². The lowest BCUT2D eigenvalue weighted by Crippen LogP contribution is -2.32. The van der Waals surface area contributed by atoms with Crippen LogP contribution < -0.4 is 5.73 Å². The van der Waals surface area contributed by atoms with E-state index >= 15 is 0 Å². The molecule has 0 bridgehead atoms. The molecule has 0 aromatic heterocycles. The van der Waals surface area contributed by atoms with Crippen LogP contribution >= 0.6 is 0 Å². The summed E-state index contributed by atoms with van der Waals surface area (Å²) in [6.07, 6.45) is 0.644. The van der Waals surface area contributed by atoms with Gasteiger partial charge in [-0.2, -0.15) is 0 Å². The molecule has 0 radical (unpaired) electrons. The molecular weight excluding hydrogens is 155 g/mol. The normalized spacial score (nSPS) is 13.8. The van der Waals surface area contributed by atoms with E-state index in [4.69, 9.17) is 5.73 Å². The molecule has 74 valence electrons. The summed E-state index contributed by atoms with van der Waals surface area (Å²) in [7, 11) is 0. The van der Waals surface area contributed by atoms with Crippen molar-refractivity contribution in [3.05, 3.63) is 0 Å². The van der Waals surface area contributed by atoms with Gasteiger partial charge >= 0.3 is 0 Å². The van der Waals surface area contributed by atoms with Crippen LogP contribution in [0.4, 0.5) is 4.39 Å². The van der Waals surface area contributed by atoms with Crippen molar-refractivity contribution >= 4 is 0 Å². The van der Waals surface area contributed by atoms with Gasteiger partial charge in [0.1, 0.15) is 0 Å². The highest BCUT2D eigenvalue weighted by atomic mass is 19.1. The third kappa shape index (κ3) is 5.49. The van der Waals surface area contributed by atoms with Crippen LogP contribution in [0.2, 0.25) is 0 Å². The third-order valence-corrected chi connectivity index (χ3v) is 2.03. The van der Waals surface area contributed by atoms with Crippen LogP contribution in [0.5, 0.6) is 0 Å². The van der Waals surface area contributed by atoms with Crippen LogP contribution in [0, 0.1) is 5.92 Å². The Morgan fingerprint density at radius 1 is 1.50 bits per heavy atom. The van der Waals surface area contributed by atoms with Crippen LogP contribution in [0.3, 0.4) is 0 Å². The Bertz CT molecular complexity index is 98.5. The molecule has 2 N–H and O–H groups in total. The van der Waals surface area contributed by atoms with E-state index in [9.17, 15) is 4.39 Å². The van der Waals surface area contributed by atoms with Crippen LogP contribution in [0.25, 0.3) is 0 Å². The Morgan fingerprint density at radius 2 is 2.17 bits per heavy atom. The lowest BCUT2D eigenvalue weighted by atomic mass is 10.1. The van der Waals surface area contributed by atoms with E-state index in [-0.39, 0.29) is 6.67 Å². The summed E-state index contributed by atoms with van der Waals surface area (Å²) in [5.74, 6) is 0.518. The summed E-state index contributed by atoms with van der Waals surface area (Å²) in [5.41, 5.74) is 5.50. The van der Waals surface area contributed by atoms with E-state index in [1.165, 1.54) is 0 Å². The minimum Gasteiger partial charge on any atom is -0.330 e. The van der Waals surface area contributed by atoms with Gasteiger partial charge in [-0.25, -0.2) is 0 Å². The summed E-state index contributed by atoms with van der Waals surface area (Å²) in [6, 6.07) is 0. The van der Waals surface area contributed by atoms with E-state index < -0.39 is 0 Å². The first kappa shape index (κ1) is 11.8. The van der Waals surface area contributed by atoms with Gasteiger partial charge in [-0.1, -0.05) is 13.8 Å². The van der Waals surface area contributed by atoms with Gasteiger partial charge in [0.05, 0.1) is 6.67 Å². The van der Waals surface area contributed by atoms with E-state index in [1.54, 1.807) is 0 Å². The molecule has 0 saturated carbocycles. The summed E-state index contributed by atoms with van der Waals surface area (Å²) >= 11 is 0. The molecular formula is C9H21FN2. The van der Waals surface area contributed by atoms with Crippen molar-refractivity contribution in [2.24, 2.45) is 11.7 Å². The molecule has 0 aliphatic rings. The third-order valence-electron chi connectivity index (χ3n) is 2.03. The second-order valence-electron chi connectivity index (χ2n) is 3.28. The molecule has 3 heteroatoms. The standard InChI is InChI=1S/C9H21FN2/c1-3-12(6-4-5-10)8-9(2)7-11/h9H,3-8,11H2,1-2H3. The SMILES string of the molecule is CCN(CCCF)CC(C)CN. The first-order chi connectivity index (χ1) is 5.74. The fourth-order valence-electron chi connectivity index (χ4n) is 1.18. The summed E-state index contributed by atoms with van der Waals surface area (Å²) < 4.78 is 11.9. The predicted octanol–water partition coefficient (Wildman–Crippen LogP) is 1.26. The molecule has 0 aromatic rings. The van der Waals surface area contributed by atoms with E-state index in [0.717, 1.165) is 19.6 Å². The number of alkyl halides is 1. The van der Waals surface area contributed by atoms with Gasteiger partial charge < -0.3 is 10.6 Å². The van der Waals surface area contributed by atoms with Crippen LogP contribution in [0.15, 0.2) is 0 Å². The zero-order valence-electron chi connectivity index (χ0n) is 8.22. The molecule has 1 atom stereocenters. The minimum atomic E-state index is -0.215. The first-order valence-electron chi connectivity index (χ1n) is 4.73. The molecule has 2 nitrogen and oxygen atoms in total. The molecule has 0 fully saturated rings. The van der Waals surface area contributed by atoms with Crippen molar-refractivity contribution in [3.63, 3.8) is 0 Å². The largest absolute Gasteiger partial charge is 0.330 e. The first-order valence-corrected chi connectivity index (χ1v) is 4.73.